The first-order chi connectivity index (χ1) is 5.91. The second-order valence-electron chi connectivity index (χ2n) is 4.04. The van der Waals surface area contributed by atoms with Crippen molar-refractivity contribution in [2.45, 2.75) is 56.7 Å². The molecule has 0 unspecified atom stereocenters. The lowest BCUT2D eigenvalue weighted by Gasteiger charge is -2.33. The van der Waals surface area contributed by atoms with Crippen molar-refractivity contribution in [2.75, 3.05) is 0 Å². The van der Waals surface area contributed by atoms with Crippen LogP contribution in [0.1, 0.15) is 44.9 Å². The number of hydrogen-bond donors (Lipinski definition) is 1. The lowest BCUT2D eigenvalue weighted by molar-refractivity contribution is -0.138. The first-order valence-corrected chi connectivity index (χ1v) is 4.77. The minimum atomic E-state index is -4.05. The summed E-state index contributed by atoms with van der Waals surface area (Å²) in [5.74, 6) is 0. The molecule has 1 fully saturated rings. The number of alkyl halides is 3. The predicted molar refractivity (Wildman–Crippen MR) is 45.3 cm³/mol. The molecule has 78 valence electrons. The minimum Gasteiger partial charge on any atom is -0.325 e. The summed E-state index contributed by atoms with van der Waals surface area (Å²) in [6, 6.07) is 0. The predicted octanol–water partition coefficient (Wildman–Crippen LogP) is 2.99. The Morgan fingerprint density at radius 2 is 1.62 bits per heavy atom. The topological polar surface area (TPSA) is 26.0 Å². The third-order valence-electron chi connectivity index (χ3n) is 2.76. The van der Waals surface area contributed by atoms with Crippen molar-refractivity contribution >= 4 is 0 Å². The molecule has 0 amide bonds. The molecule has 1 rings (SSSR count). The maximum Gasteiger partial charge on any atom is 0.389 e. The van der Waals surface area contributed by atoms with Gasteiger partial charge in [0.05, 0.1) is 0 Å². The van der Waals surface area contributed by atoms with Gasteiger partial charge < -0.3 is 5.73 Å². The van der Waals surface area contributed by atoms with Crippen LogP contribution in [0.3, 0.4) is 0 Å². The summed E-state index contributed by atoms with van der Waals surface area (Å²) < 4.78 is 35.8. The summed E-state index contributed by atoms with van der Waals surface area (Å²) >= 11 is 0. The summed E-state index contributed by atoms with van der Waals surface area (Å²) in [6.07, 6.45) is -0.107. The highest BCUT2D eigenvalue weighted by Gasteiger charge is 2.34. The van der Waals surface area contributed by atoms with Crippen LogP contribution in [-0.2, 0) is 0 Å². The molecule has 1 aliphatic rings. The zero-order chi connectivity index (χ0) is 9.95. The minimum absolute atomic E-state index is 0.0938. The first kappa shape index (κ1) is 10.8. The molecule has 0 radical (unpaired) electrons. The third kappa shape index (κ3) is 3.98. The summed E-state index contributed by atoms with van der Waals surface area (Å²) in [4.78, 5) is 0. The molecule has 0 aromatic heterocycles. The van der Waals surface area contributed by atoms with Gasteiger partial charge in [0.1, 0.15) is 0 Å². The van der Waals surface area contributed by atoms with Gasteiger partial charge >= 0.3 is 6.18 Å². The van der Waals surface area contributed by atoms with Crippen LogP contribution in [0.15, 0.2) is 0 Å². The second-order valence-corrected chi connectivity index (χ2v) is 4.04. The van der Waals surface area contributed by atoms with Crippen molar-refractivity contribution < 1.29 is 13.2 Å². The van der Waals surface area contributed by atoms with Crippen LogP contribution in [0.4, 0.5) is 13.2 Å². The molecular formula is C9H16F3N. The Kier molecular flexibility index (Phi) is 3.22. The second kappa shape index (κ2) is 3.86. The first-order valence-electron chi connectivity index (χ1n) is 4.77. The Hall–Kier alpha value is -0.250. The van der Waals surface area contributed by atoms with E-state index in [1.165, 1.54) is 0 Å². The fourth-order valence-electron chi connectivity index (χ4n) is 1.90. The Morgan fingerprint density at radius 1 is 1.08 bits per heavy atom. The van der Waals surface area contributed by atoms with Crippen molar-refractivity contribution in [2.24, 2.45) is 5.73 Å². The average Bonchev–Trinajstić information content (AvgIpc) is 2.02. The SMILES string of the molecule is NC1(CCC(F)(F)F)CCCCC1. The Morgan fingerprint density at radius 3 is 2.08 bits per heavy atom. The van der Waals surface area contributed by atoms with E-state index in [9.17, 15) is 13.2 Å². The molecule has 0 bridgehead atoms. The van der Waals surface area contributed by atoms with Crippen LogP contribution < -0.4 is 5.73 Å². The highest BCUT2D eigenvalue weighted by Crippen LogP contribution is 2.33. The largest absolute Gasteiger partial charge is 0.389 e. The molecule has 1 saturated carbocycles. The molecule has 0 aliphatic heterocycles. The Balaban J connectivity index is 2.33. The smallest absolute Gasteiger partial charge is 0.325 e. The number of rotatable bonds is 2. The van der Waals surface area contributed by atoms with Crippen LogP contribution in [0.25, 0.3) is 0 Å². The lowest BCUT2D eigenvalue weighted by Crippen LogP contribution is -2.42. The molecule has 0 atom stereocenters. The van der Waals surface area contributed by atoms with Gasteiger partial charge in [-0.2, -0.15) is 13.2 Å². The van der Waals surface area contributed by atoms with E-state index in [1.54, 1.807) is 0 Å². The van der Waals surface area contributed by atoms with Gasteiger partial charge in [-0.05, 0) is 19.3 Å². The van der Waals surface area contributed by atoms with Gasteiger partial charge in [0.2, 0.25) is 0 Å². The summed E-state index contributed by atoms with van der Waals surface area (Å²) in [5.41, 5.74) is 5.33. The molecule has 13 heavy (non-hydrogen) atoms. The Labute approximate surface area is 76.5 Å². The number of hydrogen-bond acceptors (Lipinski definition) is 1. The van der Waals surface area contributed by atoms with E-state index in [2.05, 4.69) is 0 Å². The zero-order valence-corrected chi connectivity index (χ0v) is 7.66. The fraction of sp³-hybridized carbons (Fsp3) is 1.00. The van der Waals surface area contributed by atoms with E-state index in [4.69, 9.17) is 5.73 Å². The maximum absolute atomic E-state index is 11.9. The normalized spacial score (nSPS) is 23.1. The van der Waals surface area contributed by atoms with Crippen molar-refractivity contribution in [3.63, 3.8) is 0 Å². The maximum atomic E-state index is 11.9. The quantitative estimate of drug-likeness (QED) is 0.720. The van der Waals surface area contributed by atoms with Gasteiger partial charge in [0.15, 0.2) is 0 Å². The van der Waals surface area contributed by atoms with Crippen molar-refractivity contribution in [1.29, 1.82) is 0 Å². The van der Waals surface area contributed by atoms with E-state index in [0.29, 0.717) is 0 Å². The molecule has 1 aliphatic carbocycles. The third-order valence-corrected chi connectivity index (χ3v) is 2.76. The molecule has 0 aromatic carbocycles. The van der Waals surface area contributed by atoms with E-state index >= 15 is 0 Å². The molecule has 2 N–H and O–H groups in total. The van der Waals surface area contributed by atoms with Gasteiger partial charge in [0, 0.05) is 12.0 Å². The molecule has 0 spiro atoms. The standard InChI is InChI=1S/C9H16F3N/c10-9(11,12)7-6-8(13)4-2-1-3-5-8/h1-7,13H2. The Bertz CT molecular complexity index is 159. The van der Waals surface area contributed by atoms with E-state index in [-0.39, 0.29) is 6.42 Å². The lowest BCUT2D eigenvalue weighted by atomic mass is 9.79. The molecule has 0 aromatic rings. The highest BCUT2D eigenvalue weighted by atomic mass is 19.4. The van der Waals surface area contributed by atoms with E-state index in [0.717, 1.165) is 32.1 Å². The van der Waals surface area contributed by atoms with Gasteiger partial charge in [-0.3, -0.25) is 0 Å². The molecule has 0 saturated heterocycles. The average molecular weight is 195 g/mol. The molecule has 1 nitrogen and oxygen atoms in total. The molecule has 4 heteroatoms. The van der Waals surface area contributed by atoms with Crippen LogP contribution in [-0.4, -0.2) is 11.7 Å². The van der Waals surface area contributed by atoms with Crippen molar-refractivity contribution in [1.82, 2.24) is 0 Å². The zero-order valence-electron chi connectivity index (χ0n) is 7.66. The number of halogens is 3. The van der Waals surface area contributed by atoms with Crippen LogP contribution in [0.2, 0.25) is 0 Å². The van der Waals surface area contributed by atoms with E-state index < -0.39 is 18.1 Å². The number of nitrogens with two attached hydrogens (primary N) is 1. The van der Waals surface area contributed by atoms with E-state index in [1.807, 2.05) is 0 Å². The summed E-state index contributed by atoms with van der Waals surface area (Å²) in [5, 5.41) is 0. The van der Waals surface area contributed by atoms with Crippen molar-refractivity contribution in [3.05, 3.63) is 0 Å². The van der Waals surface area contributed by atoms with Crippen LogP contribution in [0.5, 0.6) is 0 Å². The van der Waals surface area contributed by atoms with Crippen molar-refractivity contribution in [3.8, 4) is 0 Å². The van der Waals surface area contributed by atoms with Gasteiger partial charge in [-0.25, -0.2) is 0 Å². The molecule has 0 heterocycles. The van der Waals surface area contributed by atoms with Gasteiger partial charge in [-0.15, -0.1) is 0 Å². The van der Waals surface area contributed by atoms with Gasteiger partial charge in [-0.1, -0.05) is 19.3 Å². The van der Waals surface area contributed by atoms with Crippen LogP contribution >= 0.6 is 0 Å². The van der Waals surface area contributed by atoms with Crippen LogP contribution in [0, 0.1) is 0 Å². The monoisotopic (exact) mass is 195 g/mol. The highest BCUT2D eigenvalue weighted by molar-refractivity contribution is 4.87. The summed E-state index contributed by atoms with van der Waals surface area (Å²) in [7, 11) is 0. The summed E-state index contributed by atoms with van der Waals surface area (Å²) in [6.45, 7) is 0. The molecular weight excluding hydrogens is 179 g/mol. The van der Waals surface area contributed by atoms with Gasteiger partial charge in [0.25, 0.3) is 0 Å². The fourth-order valence-corrected chi connectivity index (χ4v) is 1.90.